The van der Waals surface area contributed by atoms with Crippen LogP contribution in [0.1, 0.15) is 15.9 Å². The number of sulfonamides is 1. The summed E-state index contributed by atoms with van der Waals surface area (Å²) < 4.78 is 26.4. The lowest BCUT2D eigenvalue weighted by atomic mass is 10.2. The van der Waals surface area contributed by atoms with Crippen LogP contribution < -0.4 is 10.5 Å². The first-order chi connectivity index (χ1) is 8.90. The number of aryl methyl sites for hydroxylation is 1. The summed E-state index contributed by atoms with van der Waals surface area (Å²) in [6.45, 7) is 1.85. The highest BCUT2D eigenvalue weighted by atomic mass is 32.2. The molecular formula is C11H12N4O3S. The van der Waals surface area contributed by atoms with Crippen LogP contribution in [-0.4, -0.2) is 24.5 Å². The van der Waals surface area contributed by atoms with Crippen LogP contribution in [0.5, 0.6) is 0 Å². The number of nitrogens with one attached hydrogen (secondary N) is 2. The number of nitrogens with zero attached hydrogens (tertiary/aromatic N) is 1. The van der Waals surface area contributed by atoms with Gasteiger partial charge in [0, 0.05) is 0 Å². The van der Waals surface area contributed by atoms with Crippen LogP contribution >= 0.6 is 0 Å². The third-order valence-electron chi connectivity index (χ3n) is 2.47. The Bertz CT molecular complexity index is 704. The van der Waals surface area contributed by atoms with Gasteiger partial charge in [-0.15, -0.1) is 0 Å². The Morgan fingerprint density at radius 3 is 2.53 bits per heavy atom. The zero-order chi connectivity index (χ0) is 14.0. The van der Waals surface area contributed by atoms with Crippen LogP contribution in [0.3, 0.4) is 0 Å². The summed E-state index contributed by atoms with van der Waals surface area (Å²) in [4.78, 5) is 11.2. The second-order valence-corrected chi connectivity index (χ2v) is 5.62. The molecule has 0 fully saturated rings. The van der Waals surface area contributed by atoms with Crippen molar-refractivity contribution < 1.29 is 13.2 Å². The second-order valence-electron chi connectivity index (χ2n) is 3.94. The summed E-state index contributed by atoms with van der Waals surface area (Å²) in [5.41, 5.74) is 6.03. The summed E-state index contributed by atoms with van der Waals surface area (Å²) in [6.07, 6.45) is 1.16. The number of nitrogens with two attached hydrogens (primary N) is 1. The molecule has 1 aromatic heterocycles. The Morgan fingerprint density at radius 2 is 1.95 bits per heavy atom. The molecule has 0 atom stereocenters. The van der Waals surface area contributed by atoms with E-state index >= 15 is 0 Å². The van der Waals surface area contributed by atoms with Crippen LogP contribution in [-0.2, 0) is 10.0 Å². The molecule has 1 aromatic carbocycles. The molecule has 4 N–H and O–H groups in total. The quantitative estimate of drug-likeness (QED) is 0.760. The lowest BCUT2D eigenvalue weighted by molar-refractivity contribution is 0.100. The van der Waals surface area contributed by atoms with Crippen molar-refractivity contribution in [2.45, 2.75) is 11.8 Å². The Labute approximate surface area is 109 Å². The smallest absolute Gasteiger partial charge is 0.263 e. The molecule has 2 aromatic rings. The predicted octanol–water partition coefficient (Wildman–Crippen LogP) is 0.618. The fourth-order valence-corrected chi connectivity index (χ4v) is 2.50. The van der Waals surface area contributed by atoms with Gasteiger partial charge in [-0.05, 0) is 19.1 Å². The third-order valence-corrected chi connectivity index (χ3v) is 3.84. The number of aromatic amines is 1. The first kappa shape index (κ1) is 13.1. The molecule has 0 aliphatic carbocycles. The molecule has 2 rings (SSSR count). The molecule has 1 heterocycles. The summed E-state index contributed by atoms with van der Waals surface area (Å²) in [7, 11) is -3.79. The summed E-state index contributed by atoms with van der Waals surface area (Å²) >= 11 is 0. The number of hydrogen-bond acceptors (Lipinski definition) is 4. The molecule has 0 radical (unpaired) electrons. The van der Waals surface area contributed by atoms with Crippen LogP contribution in [0.2, 0.25) is 0 Å². The number of anilines is 1. The van der Waals surface area contributed by atoms with E-state index < -0.39 is 15.9 Å². The van der Waals surface area contributed by atoms with Gasteiger partial charge >= 0.3 is 0 Å². The van der Waals surface area contributed by atoms with Gasteiger partial charge in [-0.25, -0.2) is 8.42 Å². The number of rotatable bonds is 4. The van der Waals surface area contributed by atoms with Crippen LogP contribution in [0.25, 0.3) is 0 Å². The van der Waals surface area contributed by atoms with Gasteiger partial charge in [0.05, 0.1) is 11.1 Å². The number of primary amides is 1. The van der Waals surface area contributed by atoms with Crippen molar-refractivity contribution in [2.75, 3.05) is 4.72 Å². The van der Waals surface area contributed by atoms with Crippen LogP contribution in [0.4, 0.5) is 5.82 Å². The lowest BCUT2D eigenvalue weighted by Gasteiger charge is -2.07. The van der Waals surface area contributed by atoms with E-state index in [1.54, 1.807) is 12.1 Å². The molecule has 1 amide bonds. The molecule has 7 nitrogen and oxygen atoms in total. The fourth-order valence-electron chi connectivity index (χ4n) is 1.46. The number of carbonyl (C=O) groups excluding carboxylic acids is 1. The summed E-state index contributed by atoms with van der Waals surface area (Å²) in [6, 6.07) is 6.29. The largest absolute Gasteiger partial charge is 0.365 e. The SMILES string of the molecule is Cc1ccc(S(=O)(=O)Nc2[nH]ncc2C(N)=O)cc1. The Morgan fingerprint density at radius 1 is 1.32 bits per heavy atom. The third kappa shape index (κ3) is 2.74. The van der Waals surface area contributed by atoms with Crippen molar-refractivity contribution in [1.29, 1.82) is 0 Å². The zero-order valence-electron chi connectivity index (χ0n) is 10.0. The first-order valence-electron chi connectivity index (χ1n) is 5.33. The molecule has 0 saturated heterocycles. The van der Waals surface area contributed by atoms with Crippen molar-refractivity contribution in [3.05, 3.63) is 41.6 Å². The number of amides is 1. The van der Waals surface area contributed by atoms with E-state index in [0.717, 1.165) is 11.8 Å². The minimum Gasteiger partial charge on any atom is -0.365 e. The van der Waals surface area contributed by atoms with Gasteiger partial charge < -0.3 is 5.73 Å². The monoisotopic (exact) mass is 280 g/mol. The number of carbonyl (C=O) groups is 1. The second kappa shape index (κ2) is 4.73. The number of hydrogen-bond donors (Lipinski definition) is 3. The number of H-pyrrole nitrogens is 1. The Kier molecular flexibility index (Phi) is 3.26. The molecule has 100 valence electrons. The first-order valence-corrected chi connectivity index (χ1v) is 6.81. The molecule has 0 bridgehead atoms. The van der Waals surface area contributed by atoms with Gasteiger partial charge in [-0.2, -0.15) is 5.10 Å². The molecule has 8 heteroatoms. The lowest BCUT2D eigenvalue weighted by Crippen LogP contribution is -2.18. The fraction of sp³-hybridized carbons (Fsp3) is 0.0909. The van der Waals surface area contributed by atoms with E-state index in [0.29, 0.717) is 0 Å². The minimum atomic E-state index is -3.79. The van der Waals surface area contributed by atoms with E-state index in [1.807, 2.05) is 6.92 Å². The van der Waals surface area contributed by atoms with Crippen LogP contribution in [0.15, 0.2) is 35.4 Å². The van der Waals surface area contributed by atoms with Gasteiger partial charge in [0.1, 0.15) is 11.4 Å². The minimum absolute atomic E-state index is 0.0179. The maximum atomic E-state index is 12.1. The van der Waals surface area contributed by atoms with Crippen LogP contribution in [0, 0.1) is 6.92 Å². The number of aromatic nitrogens is 2. The summed E-state index contributed by atoms with van der Waals surface area (Å²) in [5.74, 6) is -0.816. The van der Waals surface area contributed by atoms with Gasteiger partial charge in [0.2, 0.25) is 0 Å². The number of benzene rings is 1. The maximum absolute atomic E-state index is 12.1. The standard InChI is InChI=1S/C11H12N4O3S/c1-7-2-4-8(5-3-7)19(17,18)15-11-9(10(12)16)6-13-14-11/h2-6H,1H3,(H2,12,16)(H2,13,14,15). The molecule has 19 heavy (non-hydrogen) atoms. The zero-order valence-corrected chi connectivity index (χ0v) is 10.9. The van der Waals surface area contributed by atoms with E-state index in [1.165, 1.54) is 12.1 Å². The van der Waals surface area contributed by atoms with Crippen molar-refractivity contribution in [2.24, 2.45) is 5.73 Å². The van der Waals surface area contributed by atoms with Gasteiger partial charge in [-0.3, -0.25) is 14.6 Å². The molecule has 0 saturated carbocycles. The van der Waals surface area contributed by atoms with E-state index in [-0.39, 0.29) is 16.3 Å². The average molecular weight is 280 g/mol. The molecule has 0 spiro atoms. The predicted molar refractivity (Wildman–Crippen MR) is 69.1 cm³/mol. The van der Waals surface area contributed by atoms with Crippen molar-refractivity contribution in [3.8, 4) is 0 Å². The van der Waals surface area contributed by atoms with Crippen molar-refractivity contribution in [3.63, 3.8) is 0 Å². The van der Waals surface area contributed by atoms with Crippen molar-refractivity contribution >= 4 is 21.7 Å². The van der Waals surface area contributed by atoms with E-state index in [9.17, 15) is 13.2 Å². The average Bonchev–Trinajstić information content (AvgIpc) is 2.77. The highest BCUT2D eigenvalue weighted by Gasteiger charge is 2.19. The molecular weight excluding hydrogens is 268 g/mol. The highest BCUT2D eigenvalue weighted by molar-refractivity contribution is 7.92. The summed E-state index contributed by atoms with van der Waals surface area (Å²) in [5, 5.41) is 5.97. The molecule has 0 aliphatic rings. The van der Waals surface area contributed by atoms with Gasteiger partial charge in [-0.1, -0.05) is 17.7 Å². The van der Waals surface area contributed by atoms with E-state index in [2.05, 4.69) is 14.9 Å². The Balaban J connectivity index is 2.34. The molecule has 0 unspecified atom stereocenters. The normalized spacial score (nSPS) is 11.2. The van der Waals surface area contributed by atoms with Gasteiger partial charge in [0.15, 0.2) is 0 Å². The molecule has 0 aliphatic heterocycles. The van der Waals surface area contributed by atoms with E-state index in [4.69, 9.17) is 5.73 Å². The Hall–Kier alpha value is -2.35. The topological polar surface area (TPSA) is 118 Å². The van der Waals surface area contributed by atoms with Crippen molar-refractivity contribution in [1.82, 2.24) is 10.2 Å². The van der Waals surface area contributed by atoms with Gasteiger partial charge in [0.25, 0.3) is 15.9 Å². The maximum Gasteiger partial charge on any atom is 0.263 e. The highest BCUT2D eigenvalue weighted by Crippen LogP contribution is 2.17.